The SMILES string of the molecule is CSc1ccc(C(C)NC(=O)CCC(=O)O)cc1. The van der Waals surface area contributed by atoms with E-state index < -0.39 is 5.97 Å². The van der Waals surface area contributed by atoms with E-state index in [1.165, 1.54) is 4.90 Å². The first-order valence-corrected chi connectivity index (χ1v) is 6.90. The van der Waals surface area contributed by atoms with Crippen LogP contribution in [0.25, 0.3) is 0 Å². The van der Waals surface area contributed by atoms with Crippen molar-refractivity contribution >= 4 is 23.6 Å². The Morgan fingerprint density at radius 3 is 2.39 bits per heavy atom. The molecule has 0 aliphatic carbocycles. The summed E-state index contributed by atoms with van der Waals surface area (Å²) in [7, 11) is 0. The normalized spacial score (nSPS) is 11.9. The van der Waals surface area contributed by atoms with E-state index in [1.54, 1.807) is 11.8 Å². The molecule has 1 aromatic rings. The van der Waals surface area contributed by atoms with Gasteiger partial charge in [-0.2, -0.15) is 0 Å². The maximum Gasteiger partial charge on any atom is 0.303 e. The van der Waals surface area contributed by atoms with Crippen LogP contribution in [-0.2, 0) is 9.59 Å². The van der Waals surface area contributed by atoms with Crippen LogP contribution in [0.15, 0.2) is 29.2 Å². The number of carbonyl (C=O) groups is 2. The molecule has 4 nitrogen and oxygen atoms in total. The van der Waals surface area contributed by atoms with Gasteiger partial charge < -0.3 is 10.4 Å². The third kappa shape index (κ3) is 4.79. The smallest absolute Gasteiger partial charge is 0.303 e. The van der Waals surface area contributed by atoms with Crippen LogP contribution in [0, 0.1) is 0 Å². The first-order valence-electron chi connectivity index (χ1n) is 5.68. The summed E-state index contributed by atoms with van der Waals surface area (Å²) in [5.41, 5.74) is 1.01. The first kappa shape index (κ1) is 14.6. The minimum absolute atomic E-state index is 0.0164. The molecular weight excluding hydrogens is 250 g/mol. The Morgan fingerprint density at radius 2 is 1.89 bits per heavy atom. The van der Waals surface area contributed by atoms with Crippen molar-refractivity contribution in [3.63, 3.8) is 0 Å². The number of hydrogen-bond donors (Lipinski definition) is 2. The highest BCUT2D eigenvalue weighted by molar-refractivity contribution is 7.98. The summed E-state index contributed by atoms with van der Waals surface area (Å²) in [5.74, 6) is -1.19. The number of carbonyl (C=O) groups excluding carboxylic acids is 1. The first-order chi connectivity index (χ1) is 8.52. The molecule has 0 spiro atoms. The molecule has 0 saturated carbocycles. The van der Waals surface area contributed by atoms with Crippen LogP contribution in [0.1, 0.15) is 31.4 Å². The van der Waals surface area contributed by atoms with Gasteiger partial charge in [0.25, 0.3) is 0 Å². The highest BCUT2D eigenvalue weighted by Gasteiger charge is 2.10. The van der Waals surface area contributed by atoms with Gasteiger partial charge in [0.2, 0.25) is 5.91 Å². The van der Waals surface area contributed by atoms with Gasteiger partial charge in [-0.1, -0.05) is 12.1 Å². The Balaban J connectivity index is 2.50. The Hall–Kier alpha value is -1.49. The molecule has 0 heterocycles. The molecule has 0 fully saturated rings. The third-order valence-corrected chi connectivity index (χ3v) is 3.30. The van der Waals surface area contributed by atoms with Crippen LogP contribution in [0.5, 0.6) is 0 Å². The second-order valence-corrected chi connectivity index (χ2v) is 4.84. The topological polar surface area (TPSA) is 66.4 Å². The highest BCUT2D eigenvalue weighted by atomic mass is 32.2. The van der Waals surface area contributed by atoms with Gasteiger partial charge in [0, 0.05) is 11.3 Å². The van der Waals surface area contributed by atoms with Gasteiger partial charge in [0.05, 0.1) is 12.5 Å². The van der Waals surface area contributed by atoms with Gasteiger partial charge in [0.1, 0.15) is 0 Å². The van der Waals surface area contributed by atoms with E-state index in [0.717, 1.165) is 5.56 Å². The van der Waals surface area contributed by atoms with E-state index in [4.69, 9.17) is 5.11 Å². The largest absolute Gasteiger partial charge is 0.481 e. The van der Waals surface area contributed by atoms with Crippen LogP contribution in [0.3, 0.4) is 0 Å². The maximum absolute atomic E-state index is 11.5. The van der Waals surface area contributed by atoms with Crippen molar-refractivity contribution in [3.05, 3.63) is 29.8 Å². The van der Waals surface area contributed by atoms with Gasteiger partial charge in [-0.25, -0.2) is 0 Å². The van der Waals surface area contributed by atoms with Gasteiger partial charge in [-0.05, 0) is 30.9 Å². The number of aliphatic carboxylic acids is 1. The molecule has 0 aromatic heterocycles. The zero-order valence-electron chi connectivity index (χ0n) is 10.5. The third-order valence-electron chi connectivity index (χ3n) is 2.56. The van der Waals surface area contributed by atoms with Crippen molar-refractivity contribution in [3.8, 4) is 0 Å². The molecule has 1 unspecified atom stereocenters. The van der Waals surface area contributed by atoms with Crippen molar-refractivity contribution in [2.24, 2.45) is 0 Å². The second-order valence-electron chi connectivity index (χ2n) is 3.96. The molecule has 0 radical (unpaired) electrons. The highest BCUT2D eigenvalue weighted by Crippen LogP contribution is 2.18. The number of carboxylic acids is 1. The zero-order chi connectivity index (χ0) is 13.5. The quantitative estimate of drug-likeness (QED) is 0.777. The van der Waals surface area contributed by atoms with Gasteiger partial charge in [-0.3, -0.25) is 9.59 Å². The summed E-state index contributed by atoms with van der Waals surface area (Å²) in [5, 5.41) is 11.3. The van der Waals surface area contributed by atoms with Crippen molar-refractivity contribution in [1.29, 1.82) is 0 Å². The molecular formula is C13H17NO3S. The van der Waals surface area contributed by atoms with E-state index in [2.05, 4.69) is 5.32 Å². The number of nitrogens with one attached hydrogen (secondary N) is 1. The molecule has 98 valence electrons. The van der Waals surface area contributed by atoms with Crippen LogP contribution in [0.4, 0.5) is 0 Å². The number of hydrogen-bond acceptors (Lipinski definition) is 3. The van der Waals surface area contributed by atoms with Gasteiger partial charge in [0.15, 0.2) is 0 Å². The van der Waals surface area contributed by atoms with Gasteiger partial charge in [-0.15, -0.1) is 11.8 Å². The fourth-order valence-electron chi connectivity index (χ4n) is 1.51. The van der Waals surface area contributed by atoms with E-state index in [-0.39, 0.29) is 24.8 Å². The second kappa shape index (κ2) is 7.06. The van der Waals surface area contributed by atoms with Gasteiger partial charge >= 0.3 is 5.97 Å². The molecule has 1 rings (SSSR count). The lowest BCUT2D eigenvalue weighted by atomic mass is 10.1. The fourth-order valence-corrected chi connectivity index (χ4v) is 1.92. The minimum atomic E-state index is -0.956. The monoisotopic (exact) mass is 267 g/mol. The van der Waals surface area contributed by atoms with E-state index >= 15 is 0 Å². The minimum Gasteiger partial charge on any atom is -0.481 e. The Labute approximate surface area is 111 Å². The molecule has 2 N–H and O–H groups in total. The average Bonchev–Trinajstić information content (AvgIpc) is 2.36. The van der Waals surface area contributed by atoms with Crippen molar-refractivity contribution in [2.45, 2.75) is 30.7 Å². The molecule has 0 saturated heterocycles. The van der Waals surface area contributed by atoms with E-state index in [1.807, 2.05) is 37.4 Å². The summed E-state index contributed by atoms with van der Waals surface area (Å²) in [6.07, 6.45) is 1.89. The molecule has 5 heteroatoms. The molecule has 1 amide bonds. The van der Waals surface area contributed by atoms with Crippen LogP contribution < -0.4 is 5.32 Å². The predicted molar refractivity (Wildman–Crippen MR) is 71.7 cm³/mol. The van der Waals surface area contributed by atoms with Crippen molar-refractivity contribution < 1.29 is 14.7 Å². The summed E-state index contributed by atoms with van der Waals surface area (Å²) < 4.78 is 0. The fraction of sp³-hybridized carbons (Fsp3) is 0.385. The number of benzene rings is 1. The number of thioether (sulfide) groups is 1. The summed E-state index contributed by atoms with van der Waals surface area (Å²) in [6, 6.07) is 7.82. The number of carboxylic acid groups (broad SMARTS) is 1. The maximum atomic E-state index is 11.5. The zero-order valence-corrected chi connectivity index (χ0v) is 11.3. The lowest BCUT2D eigenvalue weighted by Gasteiger charge is -2.14. The van der Waals surface area contributed by atoms with E-state index in [0.29, 0.717) is 0 Å². The lowest BCUT2D eigenvalue weighted by molar-refractivity contribution is -0.138. The number of rotatable bonds is 6. The lowest BCUT2D eigenvalue weighted by Crippen LogP contribution is -2.26. The number of amides is 1. The standard InChI is InChI=1S/C13H17NO3S/c1-9(14-12(15)7-8-13(16)17)10-3-5-11(18-2)6-4-10/h3-6,9H,7-8H2,1-2H3,(H,14,15)(H,16,17). The molecule has 0 aliphatic heterocycles. The van der Waals surface area contributed by atoms with Crippen LogP contribution >= 0.6 is 11.8 Å². The molecule has 1 aromatic carbocycles. The summed E-state index contributed by atoms with van der Waals surface area (Å²) in [6.45, 7) is 1.88. The summed E-state index contributed by atoms with van der Waals surface area (Å²) in [4.78, 5) is 23.0. The molecule has 18 heavy (non-hydrogen) atoms. The van der Waals surface area contributed by atoms with Crippen LogP contribution in [-0.4, -0.2) is 23.2 Å². The molecule has 0 bridgehead atoms. The molecule has 1 atom stereocenters. The predicted octanol–water partition coefficient (Wildman–Crippen LogP) is 2.45. The van der Waals surface area contributed by atoms with Crippen molar-refractivity contribution in [1.82, 2.24) is 5.32 Å². The van der Waals surface area contributed by atoms with E-state index in [9.17, 15) is 9.59 Å². The Morgan fingerprint density at radius 1 is 1.28 bits per heavy atom. The van der Waals surface area contributed by atoms with Crippen LogP contribution in [0.2, 0.25) is 0 Å². The average molecular weight is 267 g/mol. The Bertz CT molecular complexity index is 417. The summed E-state index contributed by atoms with van der Waals surface area (Å²) >= 11 is 1.66. The molecule has 0 aliphatic rings. The van der Waals surface area contributed by atoms with Crippen molar-refractivity contribution in [2.75, 3.05) is 6.26 Å². The Kier molecular flexibility index (Phi) is 5.71.